The summed E-state index contributed by atoms with van der Waals surface area (Å²) >= 11 is 0. The summed E-state index contributed by atoms with van der Waals surface area (Å²) in [6, 6.07) is 0.0737. The molecule has 2 amide bonds. The number of nitrogens with two attached hydrogens (primary N) is 1. The Morgan fingerprint density at radius 2 is 1.59 bits per heavy atom. The van der Waals surface area contributed by atoms with Crippen LogP contribution in [0.5, 0.6) is 0 Å². The molecule has 22 heavy (non-hydrogen) atoms. The lowest BCUT2D eigenvalue weighted by atomic mass is 9.92. The van der Waals surface area contributed by atoms with Crippen molar-refractivity contribution < 1.29 is 9.59 Å². The number of nitrogens with zero attached hydrogens (tertiary/aromatic N) is 2. The van der Waals surface area contributed by atoms with Crippen LogP contribution in [0.2, 0.25) is 0 Å². The van der Waals surface area contributed by atoms with Gasteiger partial charge in [0, 0.05) is 44.6 Å². The summed E-state index contributed by atoms with van der Waals surface area (Å²) in [6.07, 6.45) is 5.15. The van der Waals surface area contributed by atoms with Gasteiger partial charge < -0.3 is 15.5 Å². The summed E-state index contributed by atoms with van der Waals surface area (Å²) in [5.41, 5.74) is 5.70. The van der Waals surface area contributed by atoms with Crippen molar-refractivity contribution in [2.45, 2.75) is 58.4 Å². The van der Waals surface area contributed by atoms with Gasteiger partial charge in [-0.05, 0) is 44.9 Å². The molecule has 2 fully saturated rings. The molecule has 1 unspecified atom stereocenters. The number of likely N-dealkylation sites (tertiary alicyclic amines) is 2. The van der Waals surface area contributed by atoms with Crippen molar-refractivity contribution in [1.29, 1.82) is 0 Å². The van der Waals surface area contributed by atoms with E-state index in [0.29, 0.717) is 12.3 Å². The first-order valence-electron chi connectivity index (χ1n) is 8.79. The summed E-state index contributed by atoms with van der Waals surface area (Å²) < 4.78 is 0. The molecule has 0 aromatic heterocycles. The normalized spacial score (nSPS) is 22.7. The predicted octanol–water partition coefficient (Wildman–Crippen LogP) is 1.61. The topological polar surface area (TPSA) is 66.6 Å². The Morgan fingerprint density at radius 3 is 2.14 bits per heavy atom. The summed E-state index contributed by atoms with van der Waals surface area (Å²) in [6.45, 7) is 7.45. The van der Waals surface area contributed by atoms with E-state index in [1.54, 1.807) is 0 Å². The smallest absolute Gasteiger partial charge is 0.225 e. The zero-order valence-electron chi connectivity index (χ0n) is 14.1. The second-order valence-corrected chi connectivity index (χ2v) is 7.18. The van der Waals surface area contributed by atoms with Gasteiger partial charge in [0.25, 0.3) is 0 Å². The summed E-state index contributed by atoms with van der Waals surface area (Å²) in [7, 11) is 0. The molecule has 0 aromatic carbocycles. The van der Waals surface area contributed by atoms with Crippen LogP contribution >= 0.6 is 0 Å². The number of hydrogen-bond acceptors (Lipinski definition) is 3. The Labute approximate surface area is 134 Å². The lowest BCUT2D eigenvalue weighted by Gasteiger charge is -2.36. The van der Waals surface area contributed by atoms with Crippen LogP contribution < -0.4 is 5.73 Å². The van der Waals surface area contributed by atoms with Crippen molar-refractivity contribution in [1.82, 2.24) is 9.80 Å². The lowest BCUT2D eigenvalue weighted by molar-refractivity contribution is -0.141. The largest absolute Gasteiger partial charge is 0.343 e. The van der Waals surface area contributed by atoms with Crippen molar-refractivity contribution >= 4 is 11.8 Å². The molecule has 2 aliphatic heterocycles. The van der Waals surface area contributed by atoms with E-state index in [1.807, 2.05) is 16.7 Å². The molecule has 2 N–H and O–H groups in total. The predicted molar refractivity (Wildman–Crippen MR) is 87.2 cm³/mol. The molecule has 1 atom stereocenters. The molecule has 2 heterocycles. The first-order chi connectivity index (χ1) is 10.5. The molecular formula is C17H31N3O2. The van der Waals surface area contributed by atoms with Gasteiger partial charge >= 0.3 is 0 Å². The second kappa shape index (κ2) is 7.95. The van der Waals surface area contributed by atoms with E-state index in [2.05, 4.69) is 6.92 Å². The molecule has 0 bridgehead atoms. The van der Waals surface area contributed by atoms with E-state index in [0.717, 1.165) is 64.2 Å². The van der Waals surface area contributed by atoms with Gasteiger partial charge in [-0.2, -0.15) is 0 Å². The standard InChI is InChI=1S/C17H31N3O2/c1-13-5-9-20(10-6-13)17(22)15-7-11-19(12-8-15)16(21)4-3-14(2)18/h13-15H,3-12,18H2,1-2H3. The minimum Gasteiger partial charge on any atom is -0.343 e. The number of carbonyl (C=O) groups excluding carboxylic acids is 2. The molecular weight excluding hydrogens is 278 g/mol. The first-order valence-corrected chi connectivity index (χ1v) is 8.79. The molecule has 5 nitrogen and oxygen atoms in total. The fraction of sp³-hybridized carbons (Fsp3) is 0.882. The fourth-order valence-electron chi connectivity index (χ4n) is 3.37. The van der Waals surface area contributed by atoms with Gasteiger partial charge in [-0.15, -0.1) is 0 Å². The Morgan fingerprint density at radius 1 is 1.05 bits per heavy atom. The van der Waals surface area contributed by atoms with Gasteiger partial charge in [-0.25, -0.2) is 0 Å². The molecule has 2 aliphatic rings. The van der Waals surface area contributed by atoms with E-state index in [4.69, 9.17) is 5.73 Å². The highest BCUT2D eigenvalue weighted by Gasteiger charge is 2.31. The van der Waals surface area contributed by atoms with Gasteiger partial charge in [0.15, 0.2) is 0 Å². The number of piperidine rings is 2. The fourth-order valence-corrected chi connectivity index (χ4v) is 3.37. The van der Waals surface area contributed by atoms with Crippen molar-refractivity contribution in [2.75, 3.05) is 26.2 Å². The van der Waals surface area contributed by atoms with E-state index in [9.17, 15) is 9.59 Å². The van der Waals surface area contributed by atoms with Gasteiger partial charge in [0.05, 0.1) is 0 Å². The molecule has 2 rings (SSSR count). The second-order valence-electron chi connectivity index (χ2n) is 7.18. The maximum Gasteiger partial charge on any atom is 0.225 e. The molecule has 0 spiro atoms. The number of hydrogen-bond donors (Lipinski definition) is 1. The highest BCUT2D eigenvalue weighted by molar-refractivity contribution is 5.80. The summed E-state index contributed by atoms with van der Waals surface area (Å²) in [5, 5.41) is 0. The average Bonchev–Trinajstić information content (AvgIpc) is 2.53. The van der Waals surface area contributed by atoms with Gasteiger partial charge in [-0.1, -0.05) is 6.92 Å². The van der Waals surface area contributed by atoms with Crippen molar-refractivity contribution in [3.63, 3.8) is 0 Å². The van der Waals surface area contributed by atoms with Gasteiger partial charge in [0.2, 0.25) is 11.8 Å². The number of amides is 2. The maximum absolute atomic E-state index is 12.6. The summed E-state index contributed by atoms with van der Waals surface area (Å²) in [4.78, 5) is 28.6. The molecule has 0 aromatic rings. The quantitative estimate of drug-likeness (QED) is 0.858. The van der Waals surface area contributed by atoms with E-state index in [-0.39, 0.29) is 17.9 Å². The zero-order chi connectivity index (χ0) is 16.1. The van der Waals surface area contributed by atoms with Crippen LogP contribution in [0.3, 0.4) is 0 Å². The van der Waals surface area contributed by atoms with Crippen molar-refractivity contribution in [3.8, 4) is 0 Å². The van der Waals surface area contributed by atoms with Crippen LogP contribution in [-0.2, 0) is 9.59 Å². The minimum atomic E-state index is 0.0737. The molecule has 0 aliphatic carbocycles. The number of rotatable bonds is 4. The highest BCUT2D eigenvalue weighted by Crippen LogP contribution is 2.24. The Hall–Kier alpha value is -1.10. The number of carbonyl (C=O) groups is 2. The van der Waals surface area contributed by atoms with Crippen LogP contribution in [0.4, 0.5) is 0 Å². The van der Waals surface area contributed by atoms with E-state index < -0.39 is 0 Å². The Balaban J connectivity index is 1.74. The van der Waals surface area contributed by atoms with Crippen molar-refractivity contribution in [3.05, 3.63) is 0 Å². The third kappa shape index (κ3) is 4.70. The summed E-state index contributed by atoms with van der Waals surface area (Å²) in [5.74, 6) is 1.36. The van der Waals surface area contributed by atoms with Crippen LogP contribution in [0.15, 0.2) is 0 Å². The Kier molecular flexibility index (Phi) is 6.24. The van der Waals surface area contributed by atoms with Crippen molar-refractivity contribution in [2.24, 2.45) is 17.6 Å². The molecule has 0 saturated carbocycles. The van der Waals surface area contributed by atoms with E-state index in [1.165, 1.54) is 0 Å². The molecule has 5 heteroatoms. The van der Waals surface area contributed by atoms with Crippen LogP contribution in [0.25, 0.3) is 0 Å². The third-order valence-electron chi connectivity index (χ3n) is 5.11. The van der Waals surface area contributed by atoms with Gasteiger partial charge in [0.1, 0.15) is 0 Å². The van der Waals surface area contributed by atoms with E-state index >= 15 is 0 Å². The molecule has 0 radical (unpaired) electrons. The minimum absolute atomic E-state index is 0.0737. The SMILES string of the molecule is CC(N)CCC(=O)N1CCC(C(=O)N2CCC(C)CC2)CC1. The third-order valence-corrected chi connectivity index (χ3v) is 5.11. The molecule has 126 valence electrons. The lowest BCUT2D eigenvalue weighted by Crippen LogP contribution is -2.46. The van der Waals surface area contributed by atoms with Crippen LogP contribution in [-0.4, -0.2) is 53.8 Å². The van der Waals surface area contributed by atoms with Gasteiger partial charge in [-0.3, -0.25) is 9.59 Å². The zero-order valence-corrected chi connectivity index (χ0v) is 14.1. The highest BCUT2D eigenvalue weighted by atomic mass is 16.2. The van der Waals surface area contributed by atoms with Crippen LogP contribution in [0.1, 0.15) is 52.4 Å². The molecule has 2 saturated heterocycles. The Bertz CT molecular complexity index is 381. The monoisotopic (exact) mass is 309 g/mol. The average molecular weight is 309 g/mol. The first kappa shape index (κ1) is 17.3. The van der Waals surface area contributed by atoms with Crippen LogP contribution in [0, 0.1) is 11.8 Å². The maximum atomic E-state index is 12.6.